The molecule has 0 aromatic carbocycles. The van der Waals surface area contributed by atoms with E-state index in [-0.39, 0.29) is 12.4 Å². The molecule has 0 bridgehead atoms. The molecule has 0 amide bonds. The van der Waals surface area contributed by atoms with Crippen LogP contribution in [0.3, 0.4) is 0 Å². The number of hydrogen-bond acceptors (Lipinski definition) is 4. The van der Waals surface area contributed by atoms with Crippen molar-refractivity contribution in [2.75, 3.05) is 19.0 Å². The third-order valence-electron chi connectivity index (χ3n) is 2.14. The van der Waals surface area contributed by atoms with Crippen LogP contribution in [0.2, 0.25) is 0 Å². The topological polar surface area (TPSA) is 47.0 Å². The lowest BCUT2D eigenvalue weighted by Gasteiger charge is -2.15. The summed E-state index contributed by atoms with van der Waals surface area (Å²) in [6.45, 7) is 0.00422. The smallest absolute Gasteiger partial charge is 0.330 e. The molecule has 0 aliphatic heterocycles. The second-order valence-electron chi connectivity index (χ2n) is 3.69. The fourth-order valence-electron chi connectivity index (χ4n) is 1.19. The predicted molar refractivity (Wildman–Crippen MR) is 69.6 cm³/mol. The number of nitrogens with zero attached hydrogens (tertiary/aromatic N) is 2. The number of aryl methyl sites for hydroxylation is 1. The van der Waals surface area contributed by atoms with Gasteiger partial charge in [0.05, 0.1) is 9.26 Å². The van der Waals surface area contributed by atoms with Crippen LogP contribution < -0.4 is 5.32 Å². The van der Waals surface area contributed by atoms with Gasteiger partial charge in [-0.25, -0.2) is 18.7 Å². The third kappa shape index (κ3) is 4.41. The van der Waals surface area contributed by atoms with Crippen molar-refractivity contribution in [1.29, 1.82) is 0 Å². The van der Waals surface area contributed by atoms with Gasteiger partial charge >= 0.3 is 12.3 Å². The Morgan fingerprint density at radius 3 is 2.53 bits per heavy atom. The molecule has 0 aliphatic rings. The highest BCUT2D eigenvalue weighted by Crippen LogP contribution is 2.23. The summed E-state index contributed by atoms with van der Waals surface area (Å²) in [4.78, 5) is 8.06. The van der Waals surface area contributed by atoms with Gasteiger partial charge in [0.2, 0.25) is 0 Å². The van der Waals surface area contributed by atoms with E-state index >= 15 is 0 Å². The van der Waals surface area contributed by atoms with E-state index in [1.807, 2.05) is 22.6 Å². The summed E-state index contributed by atoms with van der Waals surface area (Å²) in [7, 11) is 1.65. The first kappa shape index (κ1) is 16.3. The van der Waals surface area contributed by atoms with Gasteiger partial charge in [-0.2, -0.15) is 8.78 Å². The largest absolute Gasteiger partial charge is 0.372 e. The molecule has 0 saturated carbocycles. The molecule has 1 heterocycles. The molecule has 0 spiro atoms. The number of ether oxygens (including phenoxy) is 1. The minimum absolute atomic E-state index is 0.160. The summed E-state index contributed by atoms with van der Waals surface area (Å²) in [6, 6.07) is 0. The van der Waals surface area contributed by atoms with Crippen LogP contribution in [0.5, 0.6) is 0 Å². The van der Waals surface area contributed by atoms with Crippen LogP contribution in [0.15, 0.2) is 0 Å². The van der Waals surface area contributed by atoms with E-state index in [0.29, 0.717) is 11.5 Å². The fraction of sp³-hybridized carbons (Fsp3) is 0.600. The normalized spacial score (nSPS) is 12.0. The second kappa shape index (κ2) is 6.64. The Balaban J connectivity index is 2.67. The first-order valence-corrected chi connectivity index (χ1v) is 6.30. The summed E-state index contributed by atoms with van der Waals surface area (Å²) in [5.41, 5.74) is 0.652. The van der Waals surface area contributed by atoms with Crippen LogP contribution >= 0.6 is 22.6 Å². The highest BCUT2D eigenvalue weighted by molar-refractivity contribution is 14.1. The average Bonchev–Trinajstić information content (AvgIpc) is 2.33. The van der Waals surface area contributed by atoms with Crippen molar-refractivity contribution in [2.24, 2.45) is 0 Å². The van der Waals surface area contributed by atoms with E-state index in [9.17, 15) is 17.6 Å². The van der Waals surface area contributed by atoms with Gasteiger partial charge in [0, 0.05) is 7.05 Å². The minimum atomic E-state index is -4.16. The molecule has 0 unspecified atom stereocenters. The second-order valence-corrected chi connectivity index (χ2v) is 4.77. The summed E-state index contributed by atoms with van der Waals surface area (Å²) in [6.07, 6.45) is -3.75. The monoisotopic (exact) mass is 393 g/mol. The van der Waals surface area contributed by atoms with E-state index in [1.165, 1.54) is 0 Å². The molecule has 1 rings (SSSR count). The third-order valence-corrected chi connectivity index (χ3v) is 3.44. The molecule has 0 atom stereocenters. The molecule has 9 heteroatoms. The van der Waals surface area contributed by atoms with Gasteiger partial charge in [-0.1, -0.05) is 0 Å². The van der Waals surface area contributed by atoms with Gasteiger partial charge in [-0.3, -0.25) is 0 Å². The van der Waals surface area contributed by atoms with Crippen molar-refractivity contribution in [3.05, 3.63) is 15.1 Å². The lowest BCUT2D eigenvalue weighted by Crippen LogP contribution is -2.32. The summed E-state index contributed by atoms with van der Waals surface area (Å²) < 4.78 is 54.4. The van der Waals surface area contributed by atoms with Gasteiger partial charge in [0.25, 0.3) is 0 Å². The molecule has 0 radical (unpaired) electrons. The molecule has 0 saturated heterocycles. The van der Waals surface area contributed by atoms with Crippen LogP contribution in [0.25, 0.3) is 0 Å². The molecule has 1 N–H and O–H groups in total. The van der Waals surface area contributed by atoms with Crippen LogP contribution in [0, 0.1) is 10.5 Å². The predicted octanol–water partition coefficient (Wildman–Crippen LogP) is 2.85. The van der Waals surface area contributed by atoms with Crippen molar-refractivity contribution in [1.82, 2.24) is 9.97 Å². The van der Waals surface area contributed by atoms with Gasteiger partial charge in [-0.15, -0.1) is 0 Å². The standard InChI is InChI=1S/C10H12F4IN3O/c1-5-7(15)8(16-2)18-6(17-5)3-19-4-10(13,14)9(11)12/h9H,3-4H2,1-2H3,(H,16,17,18). The van der Waals surface area contributed by atoms with Crippen molar-refractivity contribution in [2.45, 2.75) is 25.9 Å². The van der Waals surface area contributed by atoms with Crippen molar-refractivity contribution in [3.63, 3.8) is 0 Å². The van der Waals surface area contributed by atoms with Crippen LogP contribution in [-0.2, 0) is 11.3 Å². The quantitative estimate of drug-likeness (QED) is 0.597. The summed E-state index contributed by atoms with van der Waals surface area (Å²) >= 11 is 2.03. The SMILES string of the molecule is CNc1nc(COCC(F)(F)C(F)F)nc(C)c1I. The van der Waals surface area contributed by atoms with E-state index in [2.05, 4.69) is 20.0 Å². The van der Waals surface area contributed by atoms with Crippen LogP contribution in [-0.4, -0.2) is 36.0 Å². The maximum Gasteiger partial charge on any atom is 0.330 e. The zero-order chi connectivity index (χ0) is 14.6. The Kier molecular flexibility index (Phi) is 5.71. The van der Waals surface area contributed by atoms with Gasteiger partial charge in [-0.05, 0) is 29.5 Å². The van der Waals surface area contributed by atoms with E-state index in [4.69, 9.17) is 0 Å². The number of rotatable bonds is 6. The Hall–Kier alpha value is -0.710. The zero-order valence-corrected chi connectivity index (χ0v) is 12.3. The zero-order valence-electron chi connectivity index (χ0n) is 10.2. The molecule has 108 valence electrons. The van der Waals surface area contributed by atoms with Gasteiger partial charge in [0.15, 0.2) is 5.82 Å². The van der Waals surface area contributed by atoms with E-state index in [1.54, 1.807) is 14.0 Å². The highest BCUT2D eigenvalue weighted by atomic mass is 127. The summed E-state index contributed by atoms with van der Waals surface area (Å²) in [5, 5.41) is 2.82. The molecule has 1 aromatic rings. The number of anilines is 1. The number of hydrogen-bond donors (Lipinski definition) is 1. The Bertz CT molecular complexity index is 445. The Labute approximate surface area is 121 Å². The first-order chi connectivity index (χ1) is 8.77. The minimum Gasteiger partial charge on any atom is -0.372 e. The first-order valence-electron chi connectivity index (χ1n) is 5.22. The molecular formula is C10H12F4IN3O. The number of alkyl halides is 4. The molecular weight excluding hydrogens is 381 g/mol. The number of aromatic nitrogens is 2. The highest BCUT2D eigenvalue weighted by Gasteiger charge is 2.41. The molecule has 4 nitrogen and oxygen atoms in total. The van der Waals surface area contributed by atoms with Gasteiger partial charge < -0.3 is 10.1 Å². The van der Waals surface area contributed by atoms with Gasteiger partial charge in [0.1, 0.15) is 19.0 Å². The van der Waals surface area contributed by atoms with Crippen molar-refractivity contribution >= 4 is 28.4 Å². The molecule has 1 aromatic heterocycles. The number of nitrogens with one attached hydrogen (secondary N) is 1. The van der Waals surface area contributed by atoms with E-state index < -0.39 is 19.0 Å². The number of halogens is 5. The maximum absolute atomic E-state index is 12.6. The van der Waals surface area contributed by atoms with E-state index in [0.717, 1.165) is 3.57 Å². The fourth-order valence-corrected chi connectivity index (χ4v) is 1.70. The summed E-state index contributed by atoms with van der Waals surface area (Å²) in [5.74, 6) is -3.47. The van der Waals surface area contributed by atoms with Crippen LogP contribution in [0.1, 0.15) is 11.5 Å². The molecule has 19 heavy (non-hydrogen) atoms. The lowest BCUT2D eigenvalue weighted by atomic mass is 10.4. The molecule has 0 fully saturated rings. The van der Waals surface area contributed by atoms with Crippen molar-refractivity contribution < 1.29 is 22.3 Å². The Morgan fingerprint density at radius 1 is 1.37 bits per heavy atom. The van der Waals surface area contributed by atoms with Crippen molar-refractivity contribution in [3.8, 4) is 0 Å². The lowest BCUT2D eigenvalue weighted by molar-refractivity contribution is -0.168. The Morgan fingerprint density at radius 2 is 2.00 bits per heavy atom. The molecule has 0 aliphatic carbocycles. The maximum atomic E-state index is 12.6. The average molecular weight is 393 g/mol. The van der Waals surface area contributed by atoms with Crippen LogP contribution in [0.4, 0.5) is 23.4 Å².